The minimum atomic E-state index is 0.192. The maximum Gasteiger partial charge on any atom is 0.329 e. The van der Waals surface area contributed by atoms with Gasteiger partial charge in [-0.25, -0.2) is 0 Å². The van der Waals surface area contributed by atoms with Gasteiger partial charge < -0.3 is 13.9 Å². The molecule has 0 amide bonds. The summed E-state index contributed by atoms with van der Waals surface area (Å²) in [6.07, 6.45) is 0.791. The van der Waals surface area contributed by atoms with E-state index in [0.29, 0.717) is 23.0 Å². The van der Waals surface area contributed by atoms with E-state index in [2.05, 4.69) is 22.0 Å². The summed E-state index contributed by atoms with van der Waals surface area (Å²) >= 11 is 5.21. The molecule has 28 heavy (non-hydrogen) atoms. The molecule has 0 aliphatic rings. The fourth-order valence-electron chi connectivity index (χ4n) is 3.03. The fraction of sp³-hybridized carbons (Fsp3) is 0.200. The first kappa shape index (κ1) is 18.1. The zero-order chi connectivity index (χ0) is 19.7. The van der Waals surface area contributed by atoms with Gasteiger partial charge in [0.2, 0.25) is 4.77 Å². The van der Waals surface area contributed by atoms with Gasteiger partial charge in [0.05, 0.1) is 19.8 Å². The lowest BCUT2D eigenvalue weighted by Gasteiger charge is -2.12. The Morgan fingerprint density at radius 3 is 2.46 bits per heavy atom. The lowest BCUT2D eigenvalue weighted by Crippen LogP contribution is -2.00. The summed E-state index contributed by atoms with van der Waals surface area (Å²) in [7, 11) is 3.23. The van der Waals surface area contributed by atoms with E-state index >= 15 is 0 Å². The number of nitrogens with zero attached hydrogens (tertiary/aromatic N) is 4. The van der Waals surface area contributed by atoms with Crippen LogP contribution in [0, 0.1) is 4.77 Å². The van der Waals surface area contributed by atoms with Crippen LogP contribution in [0.5, 0.6) is 11.5 Å². The predicted molar refractivity (Wildman–Crippen MR) is 107 cm³/mol. The second-order valence-corrected chi connectivity index (χ2v) is 6.38. The largest absolute Gasteiger partial charge is 0.496 e. The molecule has 7 nitrogen and oxygen atoms in total. The number of hydrogen-bond acceptors (Lipinski definition) is 7. The molecule has 8 heteroatoms. The van der Waals surface area contributed by atoms with Crippen LogP contribution in [0.3, 0.4) is 0 Å². The summed E-state index contributed by atoms with van der Waals surface area (Å²) < 4.78 is 18.6. The summed E-state index contributed by atoms with van der Waals surface area (Å²) in [5.74, 6) is 2.54. The van der Waals surface area contributed by atoms with Crippen LogP contribution in [-0.4, -0.2) is 33.8 Å². The van der Waals surface area contributed by atoms with Gasteiger partial charge in [-0.1, -0.05) is 37.3 Å². The monoisotopic (exact) mass is 394 g/mol. The van der Waals surface area contributed by atoms with Gasteiger partial charge in [-0.3, -0.25) is 0 Å². The van der Waals surface area contributed by atoms with Crippen molar-refractivity contribution in [3.63, 3.8) is 0 Å². The van der Waals surface area contributed by atoms with Crippen molar-refractivity contribution in [2.75, 3.05) is 14.2 Å². The second kappa shape index (κ2) is 7.40. The number of rotatable bonds is 5. The van der Waals surface area contributed by atoms with Crippen molar-refractivity contribution in [3.05, 3.63) is 52.8 Å². The van der Waals surface area contributed by atoms with E-state index in [0.717, 1.165) is 23.3 Å². The molecule has 0 bridgehead atoms. The molecule has 142 valence electrons. The molecule has 0 aliphatic heterocycles. The van der Waals surface area contributed by atoms with Crippen molar-refractivity contribution in [2.45, 2.75) is 13.3 Å². The highest BCUT2D eigenvalue weighted by Gasteiger charge is 2.19. The van der Waals surface area contributed by atoms with Crippen molar-refractivity contribution in [1.82, 2.24) is 19.6 Å². The molecule has 0 aliphatic carbocycles. The van der Waals surface area contributed by atoms with E-state index in [9.17, 15) is 0 Å². The fourth-order valence-corrected chi connectivity index (χ4v) is 3.19. The molecule has 4 aromatic rings. The van der Waals surface area contributed by atoms with Crippen LogP contribution >= 0.6 is 12.2 Å². The Morgan fingerprint density at radius 2 is 1.79 bits per heavy atom. The Morgan fingerprint density at radius 1 is 1.04 bits per heavy atom. The molecule has 0 atom stereocenters. The average molecular weight is 394 g/mol. The van der Waals surface area contributed by atoms with E-state index < -0.39 is 0 Å². The van der Waals surface area contributed by atoms with E-state index in [1.165, 1.54) is 0 Å². The molecule has 0 unspecified atom stereocenters. The molecular weight excluding hydrogens is 376 g/mol. The maximum atomic E-state index is 5.93. The van der Waals surface area contributed by atoms with Crippen LogP contribution in [0.25, 0.3) is 28.7 Å². The van der Waals surface area contributed by atoms with Crippen LogP contribution in [0.1, 0.15) is 12.5 Å². The normalized spacial score (nSPS) is 11.0. The molecule has 0 spiro atoms. The van der Waals surface area contributed by atoms with Crippen LogP contribution in [0.15, 0.2) is 46.9 Å². The third kappa shape index (κ3) is 3.11. The predicted octanol–water partition coefficient (Wildman–Crippen LogP) is 4.36. The van der Waals surface area contributed by atoms with E-state index in [4.69, 9.17) is 26.1 Å². The molecule has 2 heterocycles. The van der Waals surface area contributed by atoms with Gasteiger partial charge in [0.1, 0.15) is 11.5 Å². The lowest BCUT2D eigenvalue weighted by molar-refractivity contribution is 0.391. The summed E-state index contributed by atoms with van der Waals surface area (Å²) in [6, 6.07) is 13.4. The first-order valence-corrected chi connectivity index (χ1v) is 9.14. The first-order chi connectivity index (χ1) is 13.6. The molecule has 4 rings (SSSR count). The molecule has 2 aromatic heterocycles. The molecular formula is C20H18N4O3S. The summed E-state index contributed by atoms with van der Waals surface area (Å²) in [5, 5.41) is 4.60. The van der Waals surface area contributed by atoms with E-state index in [1.807, 2.05) is 42.5 Å². The van der Waals surface area contributed by atoms with Crippen LogP contribution in [0.4, 0.5) is 0 Å². The topological polar surface area (TPSA) is 74.7 Å². The zero-order valence-corrected chi connectivity index (χ0v) is 16.5. The SMILES string of the molecule is CCc1cc(-c2nn3c(-c4ccccc4)nc(=S)nc3o2)c(OC)cc1OC. The van der Waals surface area contributed by atoms with Gasteiger partial charge in [0.25, 0.3) is 5.89 Å². The average Bonchev–Trinajstić information content (AvgIpc) is 3.16. The Bertz CT molecular complexity index is 1200. The maximum absolute atomic E-state index is 5.93. The van der Waals surface area contributed by atoms with E-state index in [1.54, 1.807) is 18.7 Å². The highest BCUT2D eigenvalue weighted by atomic mass is 32.1. The number of aryl methyl sites for hydroxylation is 1. The second-order valence-electron chi connectivity index (χ2n) is 6.02. The Balaban J connectivity index is 1.96. The Kier molecular flexibility index (Phi) is 4.79. The van der Waals surface area contributed by atoms with Gasteiger partial charge in [-0.2, -0.15) is 14.5 Å². The molecule has 2 aromatic carbocycles. The zero-order valence-electron chi connectivity index (χ0n) is 15.7. The summed E-state index contributed by atoms with van der Waals surface area (Å²) in [6.45, 7) is 2.05. The van der Waals surface area contributed by atoms with Crippen LogP contribution in [0.2, 0.25) is 0 Å². The van der Waals surface area contributed by atoms with Gasteiger partial charge >= 0.3 is 5.84 Å². The van der Waals surface area contributed by atoms with E-state index in [-0.39, 0.29) is 10.6 Å². The standard InChI is InChI=1S/C20H18N4O3S/c1-4-12-10-14(16(26-3)11-15(12)25-2)18-23-24-17(13-8-6-5-7-9-13)21-19(28)22-20(24)27-18/h5-11H,4H2,1-3H3. The lowest BCUT2D eigenvalue weighted by atomic mass is 10.1. The molecule has 0 saturated heterocycles. The van der Waals surface area contributed by atoms with Gasteiger partial charge in [-0.15, -0.1) is 5.10 Å². The van der Waals surface area contributed by atoms with Crippen LogP contribution < -0.4 is 9.47 Å². The molecule has 0 saturated carbocycles. The minimum Gasteiger partial charge on any atom is -0.496 e. The molecule has 0 radical (unpaired) electrons. The smallest absolute Gasteiger partial charge is 0.329 e. The Hall–Kier alpha value is -3.26. The number of hydrogen-bond donors (Lipinski definition) is 0. The molecule has 0 N–H and O–H groups in total. The minimum absolute atomic E-state index is 0.192. The summed E-state index contributed by atoms with van der Waals surface area (Å²) in [4.78, 5) is 8.59. The highest BCUT2D eigenvalue weighted by molar-refractivity contribution is 7.71. The first-order valence-electron chi connectivity index (χ1n) is 8.73. The van der Waals surface area contributed by atoms with Gasteiger partial charge in [-0.05, 0) is 30.3 Å². The summed E-state index contributed by atoms with van der Waals surface area (Å²) in [5.41, 5.74) is 2.58. The number of aromatic nitrogens is 4. The number of benzene rings is 2. The van der Waals surface area contributed by atoms with Crippen molar-refractivity contribution >= 4 is 18.1 Å². The van der Waals surface area contributed by atoms with Crippen molar-refractivity contribution in [1.29, 1.82) is 0 Å². The van der Waals surface area contributed by atoms with Crippen molar-refractivity contribution in [2.24, 2.45) is 0 Å². The number of methoxy groups -OCH3 is 2. The quantitative estimate of drug-likeness (QED) is 0.466. The van der Waals surface area contributed by atoms with Crippen molar-refractivity contribution in [3.8, 4) is 34.3 Å². The third-order valence-corrected chi connectivity index (χ3v) is 4.58. The van der Waals surface area contributed by atoms with Gasteiger partial charge in [0.15, 0.2) is 5.82 Å². The molecule has 0 fully saturated rings. The third-order valence-electron chi connectivity index (χ3n) is 4.40. The number of ether oxygens (including phenoxy) is 2. The van der Waals surface area contributed by atoms with Crippen molar-refractivity contribution < 1.29 is 13.9 Å². The number of fused-ring (bicyclic) bond motifs is 1. The van der Waals surface area contributed by atoms with Gasteiger partial charge in [0, 0.05) is 11.6 Å². The van der Waals surface area contributed by atoms with Crippen LogP contribution in [-0.2, 0) is 6.42 Å². The highest BCUT2D eigenvalue weighted by Crippen LogP contribution is 2.36. The Labute approximate surface area is 166 Å².